The highest BCUT2D eigenvalue weighted by molar-refractivity contribution is 6.00. The molecule has 1 rings (SSSR count). The largest absolute Gasteiger partial charge is 0.490 e. The van der Waals surface area contributed by atoms with E-state index in [9.17, 15) is 9.59 Å². The highest BCUT2D eigenvalue weighted by atomic mass is 16.5. The quantitative estimate of drug-likeness (QED) is 0.629. The van der Waals surface area contributed by atoms with Crippen LogP contribution in [0.5, 0.6) is 17.2 Å². The summed E-state index contributed by atoms with van der Waals surface area (Å²) in [6, 6.07) is 3.32. The first-order chi connectivity index (χ1) is 11.0. The normalized spacial score (nSPS) is 10.2. The van der Waals surface area contributed by atoms with E-state index in [4.69, 9.17) is 19.3 Å². The fraction of sp³-hybridized carbons (Fsp3) is 0.529. The zero-order valence-corrected chi connectivity index (χ0v) is 13.9. The lowest BCUT2D eigenvalue weighted by Gasteiger charge is -2.18. The Kier molecular flexibility index (Phi) is 7.94. The molecule has 1 N–H and O–H groups in total. The van der Waals surface area contributed by atoms with Crippen molar-refractivity contribution in [1.82, 2.24) is 0 Å². The van der Waals surface area contributed by atoms with Gasteiger partial charge in [-0.15, -0.1) is 0 Å². The molecule has 23 heavy (non-hydrogen) atoms. The molecule has 0 radical (unpaired) electrons. The van der Waals surface area contributed by atoms with Crippen molar-refractivity contribution >= 4 is 11.8 Å². The van der Waals surface area contributed by atoms with Crippen LogP contribution in [0.25, 0.3) is 0 Å². The number of benzene rings is 1. The molecule has 0 saturated heterocycles. The lowest BCUT2D eigenvalue weighted by Crippen LogP contribution is -2.09. The van der Waals surface area contributed by atoms with Crippen LogP contribution in [0.3, 0.4) is 0 Å². The Morgan fingerprint density at radius 2 is 1.52 bits per heavy atom. The number of carboxylic acid groups (broad SMARTS) is 1. The van der Waals surface area contributed by atoms with Gasteiger partial charge in [-0.3, -0.25) is 9.59 Å². The van der Waals surface area contributed by atoms with E-state index in [1.807, 2.05) is 20.8 Å². The van der Waals surface area contributed by atoms with Crippen LogP contribution >= 0.6 is 0 Å². The standard InChI is InChI=1S/C17H24O6/c1-4-21-14-11-10-12(13(18)8-7-9-15(19)20)16(22-5-2)17(14)23-6-3/h10-11H,4-9H2,1-3H3,(H,19,20). The van der Waals surface area contributed by atoms with Gasteiger partial charge in [0.1, 0.15) is 0 Å². The van der Waals surface area contributed by atoms with Gasteiger partial charge in [-0.2, -0.15) is 0 Å². The van der Waals surface area contributed by atoms with Crippen molar-refractivity contribution in [2.24, 2.45) is 0 Å². The van der Waals surface area contributed by atoms with Gasteiger partial charge < -0.3 is 19.3 Å². The van der Waals surface area contributed by atoms with E-state index in [1.165, 1.54) is 0 Å². The summed E-state index contributed by atoms with van der Waals surface area (Å²) in [6.45, 7) is 6.79. The van der Waals surface area contributed by atoms with Crippen LogP contribution in [0.2, 0.25) is 0 Å². The third kappa shape index (κ3) is 5.47. The molecule has 0 unspecified atom stereocenters. The van der Waals surface area contributed by atoms with E-state index >= 15 is 0 Å². The molecule has 0 fully saturated rings. The average molecular weight is 324 g/mol. The number of rotatable bonds is 11. The maximum atomic E-state index is 12.4. The minimum absolute atomic E-state index is 0.0367. The smallest absolute Gasteiger partial charge is 0.303 e. The Hall–Kier alpha value is -2.24. The summed E-state index contributed by atoms with van der Waals surface area (Å²) in [4.78, 5) is 22.9. The van der Waals surface area contributed by atoms with Crippen LogP contribution in [0.15, 0.2) is 12.1 Å². The minimum Gasteiger partial charge on any atom is -0.490 e. The predicted molar refractivity (Wildman–Crippen MR) is 85.8 cm³/mol. The van der Waals surface area contributed by atoms with Crippen molar-refractivity contribution in [3.63, 3.8) is 0 Å². The number of aliphatic carboxylic acids is 1. The maximum absolute atomic E-state index is 12.4. The fourth-order valence-corrected chi connectivity index (χ4v) is 2.14. The van der Waals surface area contributed by atoms with Crippen molar-refractivity contribution in [3.05, 3.63) is 17.7 Å². The molecule has 0 aliphatic carbocycles. The van der Waals surface area contributed by atoms with E-state index in [0.717, 1.165) is 0 Å². The molecular weight excluding hydrogens is 300 g/mol. The molecule has 1 aromatic carbocycles. The number of carbonyl (C=O) groups excluding carboxylic acids is 1. The Bertz CT molecular complexity index is 538. The molecule has 0 heterocycles. The summed E-state index contributed by atoms with van der Waals surface area (Å²) in [5.74, 6) is 0.226. The Morgan fingerprint density at radius 3 is 2.09 bits per heavy atom. The SMILES string of the molecule is CCOc1ccc(C(=O)CCCC(=O)O)c(OCC)c1OCC. The van der Waals surface area contributed by atoms with Crippen molar-refractivity contribution in [2.45, 2.75) is 40.0 Å². The minimum atomic E-state index is -0.912. The van der Waals surface area contributed by atoms with E-state index in [1.54, 1.807) is 12.1 Å². The number of ketones is 1. The van der Waals surface area contributed by atoms with Gasteiger partial charge in [0.05, 0.1) is 25.4 Å². The average Bonchev–Trinajstić information content (AvgIpc) is 2.50. The number of carboxylic acids is 1. The number of carbonyl (C=O) groups is 2. The zero-order valence-electron chi connectivity index (χ0n) is 13.9. The first-order valence-electron chi connectivity index (χ1n) is 7.85. The molecule has 0 aliphatic rings. The van der Waals surface area contributed by atoms with Gasteiger partial charge in [0, 0.05) is 12.8 Å². The van der Waals surface area contributed by atoms with Gasteiger partial charge in [-0.05, 0) is 39.3 Å². The number of hydrogen-bond acceptors (Lipinski definition) is 5. The van der Waals surface area contributed by atoms with E-state index in [0.29, 0.717) is 42.6 Å². The van der Waals surface area contributed by atoms with Gasteiger partial charge in [0.25, 0.3) is 0 Å². The molecule has 0 atom stereocenters. The molecule has 1 aromatic rings. The second kappa shape index (κ2) is 9.71. The summed E-state index contributed by atoms with van der Waals surface area (Å²) in [5, 5.41) is 8.67. The molecule has 6 heteroatoms. The van der Waals surface area contributed by atoms with Crippen molar-refractivity contribution in [3.8, 4) is 17.2 Å². The summed E-state index contributed by atoms with van der Waals surface area (Å²) in [5.41, 5.74) is 0.393. The molecule has 0 aliphatic heterocycles. The highest BCUT2D eigenvalue weighted by Gasteiger charge is 2.21. The summed E-state index contributed by atoms with van der Waals surface area (Å²) in [7, 11) is 0. The Labute approximate surface area is 136 Å². The fourth-order valence-electron chi connectivity index (χ4n) is 2.14. The lowest BCUT2D eigenvalue weighted by molar-refractivity contribution is -0.137. The molecular formula is C17H24O6. The first-order valence-corrected chi connectivity index (χ1v) is 7.85. The van der Waals surface area contributed by atoms with Crippen LogP contribution in [-0.2, 0) is 4.79 Å². The van der Waals surface area contributed by atoms with Crippen LogP contribution in [0.4, 0.5) is 0 Å². The second-order valence-electron chi connectivity index (χ2n) is 4.74. The van der Waals surface area contributed by atoms with Crippen molar-refractivity contribution in [2.75, 3.05) is 19.8 Å². The molecule has 0 bridgehead atoms. The summed E-state index contributed by atoms with van der Waals surface area (Å²) >= 11 is 0. The van der Waals surface area contributed by atoms with Crippen LogP contribution in [0.1, 0.15) is 50.4 Å². The second-order valence-corrected chi connectivity index (χ2v) is 4.74. The van der Waals surface area contributed by atoms with Gasteiger partial charge in [0.15, 0.2) is 17.3 Å². The van der Waals surface area contributed by atoms with Crippen molar-refractivity contribution < 1.29 is 28.9 Å². The molecule has 0 amide bonds. The van der Waals surface area contributed by atoms with E-state index in [-0.39, 0.29) is 25.0 Å². The van der Waals surface area contributed by atoms with E-state index in [2.05, 4.69) is 0 Å². The van der Waals surface area contributed by atoms with Crippen LogP contribution in [-0.4, -0.2) is 36.7 Å². The number of ether oxygens (including phenoxy) is 3. The predicted octanol–water partition coefficient (Wildman–Crippen LogP) is 3.32. The third-order valence-electron chi connectivity index (χ3n) is 3.05. The molecule has 0 aromatic heterocycles. The van der Waals surface area contributed by atoms with E-state index < -0.39 is 5.97 Å². The topological polar surface area (TPSA) is 82.1 Å². The van der Waals surface area contributed by atoms with Crippen molar-refractivity contribution in [1.29, 1.82) is 0 Å². The third-order valence-corrected chi connectivity index (χ3v) is 3.05. The van der Waals surface area contributed by atoms with Gasteiger partial charge in [-0.1, -0.05) is 0 Å². The maximum Gasteiger partial charge on any atom is 0.303 e. The van der Waals surface area contributed by atoms with Gasteiger partial charge in [0.2, 0.25) is 5.75 Å². The molecule has 0 spiro atoms. The molecule has 6 nitrogen and oxygen atoms in total. The molecule has 0 saturated carbocycles. The lowest BCUT2D eigenvalue weighted by atomic mass is 10.0. The summed E-state index contributed by atoms with van der Waals surface area (Å²) < 4.78 is 16.8. The van der Waals surface area contributed by atoms with Gasteiger partial charge in [-0.25, -0.2) is 0 Å². The summed E-state index contributed by atoms with van der Waals surface area (Å²) in [6.07, 6.45) is 0.397. The first kappa shape index (κ1) is 18.8. The molecule has 128 valence electrons. The Morgan fingerprint density at radius 1 is 0.913 bits per heavy atom. The van der Waals surface area contributed by atoms with Crippen LogP contribution in [0, 0.1) is 0 Å². The number of Topliss-reactive ketones (excluding diaryl/α,β-unsaturated/α-hetero) is 1. The zero-order chi connectivity index (χ0) is 17.2. The highest BCUT2D eigenvalue weighted by Crippen LogP contribution is 2.41. The monoisotopic (exact) mass is 324 g/mol. The number of hydrogen-bond donors (Lipinski definition) is 1. The van der Waals surface area contributed by atoms with Crippen LogP contribution < -0.4 is 14.2 Å². The Balaban J connectivity index is 3.11. The van der Waals surface area contributed by atoms with Gasteiger partial charge >= 0.3 is 5.97 Å².